The fourth-order valence-corrected chi connectivity index (χ4v) is 3.21. The van der Waals surface area contributed by atoms with Crippen LogP contribution in [0.15, 0.2) is 30.3 Å². The molecular formula is C18H26N2O3. The summed E-state index contributed by atoms with van der Waals surface area (Å²) >= 11 is 0. The van der Waals surface area contributed by atoms with Crippen LogP contribution in [0.5, 0.6) is 0 Å². The lowest BCUT2D eigenvalue weighted by Gasteiger charge is -2.31. The van der Waals surface area contributed by atoms with E-state index in [-0.39, 0.29) is 24.2 Å². The third-order valence-corrected chi connectivity index (χ3v) is 4.53. The molecule has 5 heteroatoms. The minimum absolute atomic E-state index is 0.0371. The fraction of sp³-hybridized carbons (Fsp3) is 0.556. The predicted octanol–water partition coefficient (Wildman–Crippen LogP) is 2.41. The van der Waals surface area contributed by atoms with Gasteiger partial charge in [0.25, 0.3) is 0 Å². The van der Waals surface area contributed by atoms with E-state index in [1.54, 1.807) is 0 Å². The first kappa shape index (κ1) is 17.5. The van der Waals surface area contributed by atoms with Gasteiger partial charge in [-0.2, -0.15) is 0 Å². The Kier molecular flexibility index (Phi) is 6.16. The van der Waals surface area contributed by atoms with Crippen LogP contribution in [0.25, 0.3) is 0 Å². The van der Waals surface area contributed by atoms with E-state index in [1.807, 2.05) is 37.3 Å². The van der Waals surface area contributed by atoms with Crippen molar-refractivity contribution in [3.63, 3.8) is 0 Å². The Bertz CT molecular complexity index is 524. The molecule has 0 heterocycles. The normalized spacial score (nSPS) is 18.0. The van der Waals surface area contributed by atoms with E-state index < -0.39 is 5.60 Å². The number of hydrogen-bond acceptors (Lipinski definition) is 3. The molecule has 1 saturated carbocycles. The first-order valence-electron chi connectivity index (χ1n) is 8.40. The van der Waals surface area contributed by atoms with E-state index in [0.29, 0.717) is 19.3 Å². The number of aliphatic hydroxyl groups is 1. The van der Waals surface area contributed by atoms with Crippen molar-refractivity contribution in [2.24, 2.45) is 0 Å². The highest BCUT2D eigenvalue weighted by atomic mass is 16.3. The number of amides is 2. The molecular weight excluding hydrogens is 292 g/mol. The first-order chi connectivity index (χ1) is 11.0. The van der Waals surface area contributed by atoms with Crippen LogP contribution >= 0.6 is 0 Å². The third-order valence-electron chi connectivity index (χ3n) is 4.53. The lowest BCUT2D eigenvalue weighted by Crippen LogP contribution is -2.47. The molecule has 1 aromatic rings. The van der Waals surface area contributed by atoms with Gasteiger partial charge < -0.3 is 5.11 Å². The Hall–Kier alpha value is -1.88. The Morgan fingerprint density at radius 1 is 1.13 bits per heavy atom. The summed E-state index contributed by atoms with van der Waals surface area (Å²) in [5.74, 6) is -0.873. The van der Waals surface area contributed by atoms with Gasteiger partial charge in [-0.05, 0) is 24.8 Å². The molecule has 0 radical (unpaired) electrons. The standard InChI is InChI=1S/C18H26N2O3/c1-2-15(14-9-5-3-6-10-14)17(22)20-19-16(21)13-18(23)11-7-4-8-12-18/h3,5-6,9-10,15,23H,2,4,7-8,11-13H2,1H3,(H,19,21)(H,20,22). The summed E-state index contributed by atoms with van der Waals surface area (Å²) in [5.41, 5.74) is 4.93. The van der Waals surface area contributed by atoms with Gasteiger partial charge in [0.2, 0.25) is 11.8 Å². The van der Waals surface area contributed by atoms with Gasteiger partial charge in [-0.1, -0.05) is 56.5 Å². The smallest absolute Gasteiger partial charge is 0.245 e. The van der Waals surface area contributed by atoms with Gasteiger partial charge >= 0.3 is 0 Å². The van der Waals surface area contributed by atoms with E-state index >= 15 is 0 Å². The molecule has 3 N–H and O–H groups in total. The van der Waals surface area contributed by atoms with Crippen molar-refractivity contribution in [3.8, 4) is 0 Å². The summed E-state index contributed by atoms with van der Waals surface area (Å²) in [6, 6.07) is 9.49. The molecule has 5 nitrogen and oxygen atoms in total. The lowest BCUT2D eigenvalue weighted by molar-refractivity contribution is -0.133. The zero-order chi connectivity index (χ0) is 16.7. The number of benzene rings is 1. The molecule has 0 aliphatic heterocycles. The molecule has 1 atom stereocenters. The molecule has 2 amide bonds. The van der Waals surface area contributed by atoms with Gasteiger partial charge in [0.1, 0.15) is 0 Å². The second-order valence-corrected chi connectivity index (χ2v) is 6.37. The summed E-state index contributed by atoms with van der Waals surface area (Å²) in [4.78, 5) is 24.2. The fourth-order valence-electron chi connectivity index (χ4n) is 3.21. The van der Waals surface area contributed by atoms with Crippen LogP contribution in [-0.4, -0.2) is 22.5 Å². The summed E-state index contributed by atoms with van der Waals surface area (Å²) in [6.07, 6.45) is 4.98. The Labute approximate surface area is 137 Å². The summed E-state index contributed by atoms with van der Waals surface area (Å²) in [6.45, 7) is 1.93. The lowest BCUT2D eigenvalue weighted by atomic mass is 9.82. The highest BCUT2D eigenvalue weighted by Gasteiger charge is 2.32. The van der Waals surface area contributed by atoms with Crippen LogP contribution in [0.2, 0.25) is 0 Å². The van der Waals surface area contributed by atoms with Crippen molar-refractivity contribution in [1.82, 2.24) is 10.9 Å². The Balaban J connectivity index is 1.84. The minimum atomic E-state index is -0.920. The van der Waals surface area contributed by atoms with Crippen molar-refractivity contribution in [2.75, 3.05) is 0 Å². The van der Waals surface area contributed by atoms with Crippen molar-refractivity contribution in [2.45, 2.75) is 63.4 Å². The SMILES string of the molecule is CCC(C(=O)NNC(=O)CC1(O)CCCCC1)c1ccccc1. The van der Waals surface area contributed by atoms with Crippen LogP contribution < -0.4 is 10.9 Å². The van der Waals surface area contributed by atoms with Gasteiger partial charge in [0.05, 0.1) is 17.9 Å². The minimum Gasteiger partial charge on any atom is -0.389 e. The van der Waals surface area contributed by atoms with Crippen molar-refractivity contribution in [3.05, 3.63) is 35.9 Å². The average molecular weight is 318 g/mol. The van der Waals surface area contributed by atoms with E-state index in [0.717, 1.165) is 24.8 Å². The first-order valence-corrected chi connectivity index (χ1v) is 8.40. The Morgan fingerprint density at radius 3 is 2.39 bits per heavy atom. The molecule has 2 rings (SSSR count). The van der Waals surface area contributed by atoms with Crippen LogP contribution in [-0.2, 0) is 9.59 Å². The molecule has 1 unspecified atom stereocenters. The van der Waals surface area contributed by atoms with Gasteiger partial charge in [0, 0.05) is 0 Å². The van der Waals surface area contributed by atoms with Gasteiger partial charge in [0.15, 0.2) is 0 Å². The number of carbonyl (C=O) groups excluding carboxylic acids is 2. The van der Waals surface area contributed by atoms with Crippen LogP contribution in [0, 0.1) is 0 Å². The number of hydrogen-bond donors (Lipinski definition) is 3. The topological polar surface area (TPSA) is 78.4 Å². The Morgan fingerprint density at radius 2 is 1.78 bits per heavy atom. The van der Waals surface area contributed by atoms with Crippen LogP contribution in [0.4, 0.5) is 0 Å². The molecule has 1 aliphatic carbocycles. The number of nitrogens with one attached hydrogen (secondary N) is 2. The molecule has 1 aromatic carbocycles. The molecule has 23 heavy (non-hydrogen) atoms. The number of hydrazine groups is 1. The predicted molar refractivity (Wildman–Crippen MR) is 88.4 cm³/mol. The molecule has 0 bridgehead atoms. The van der Waals surface area contributed by atoms with Crippen LogP contribution in [0.1, 0.15) is 63.4 Å². The summed E-state index contributed by atoms with van der Waals surface area (Å²) in [7, 11) is 0. The maximum absolute atomic E-state index is 12.3. The average Bonchev–Trinajstić information content (AvgIpc) is 2.55. The second-order valence-electron chi connectivity index (χ2n) is 6.37. The van der Waals surface area contributed by atoms with Crippen molar-refractivity contribution in [1.29, 1.82) is 0 Å². The number of rotatable bonds is 5. The zero-order valence-corrected chi connectivity index (χ0v) is 13.7. The maximum Gasteiger partial charge on any atom is 0.245 e. The van der Waals surface area contributed by atoms with Gasteiger partial charge in [-0.25, -0.2) is 0 Å². The highest BCUT2D eigenvalue weighted by Crippen LogP contribution is 2.30. The monoisotopic (exact) mass is 318 g/mol. The van der Waals surface area contributed by atoms with E-state index in [1.165, 1.54) is 0 Å². The van der Waals surface area contributed by atoms with Gasteiger partial charge in [-0.15, -0.1) is 0 Å². The van der Waals surface area contributed by atoms with Crippen LogP contribution in [0.3, 0.4) is 0 Å². The molecule has 0 spiro atoms. The molecule has 0 aromatic heterocycles. The zero-order valence-electron chi connectivity index (χ0n) is 13.7. The second kappa shape index (κ2) is 8.11. The molecule has 1 fully saturated rings. The van der Waals surface area contributed by atoms with E-state index in [2.05, 4.69) is 10.9 Å². The summed E-state index contributed by atoms with van der Waals surface area (Å²) in [5, 5.41) is 10.4. The van der Waals surface area contributed by atoms with E-state index in [4.69, 9.17) is 0 Å². The largest absolute Gasteiger partial charge is 0.389 e. The highest BCUT2D eigenvalue weighted by molar-refractivity contribution is 5.86. The van der Waals surface area contributed by atoms with Crippen molar-refractivity contribution >= 4 is 11.8 Å². The third kappa shape index (κ3) is 5.06. The van der Waals surface area contributed by atoms with Crippen molar-refractivity contribution < 1.29 is 14.7 Å². The molecule has 1 aliphatic rings. The number of carbonyl (C=O) groups is 2. The summed E-state index contributed by atoms with van der Waals surface area (Å²) < 4.78 is 0. The maximum atomic E-state index is 12.3. The molecule has 126 valence electrons. The molecule has 0 saturated heterocycles. The van der Waals surface area contributed by atoms with E-state index in [9.17, 15) is 14.7 Å². The van der Waals surface area contributed by atoms with Gasteiger partial charge in [-0.3, -0.25) is 20.4 Å². The quantitative estimate of drug-likeness (QED) is 0.730.